The van der Waals surface area contributed by atoms with Gasteiger partial charge in [-0.25, -0.2) is 10.4 Å². The SMILES string of the molecule is C=C(/C=C(\C)CN(CC)CCC)/C(=C\C=NC)C1C=CC(NC)NN1C. The van der Waals surface area contributed by atoms with E-state index >= 15 is 0 Å². The summed E-state index contributed by atoms with van der Waals surface area (Å²) in [5, 5.41) is 5.32. The molecule has 26 heavy (non-hydrogen) atoms. The Morgan fingerprint density at radius 3 is 2.65 bits per heavy atom. The third kappa shape index (κ3) is 7.00. The Bertz CT molecular complexity index is 559. The van der Waals surface area contributed by atoms with Crippen molar-refractivity contribution in [3.8, 4) is 0 Å². The van der Waals surface area contributed by atoms with Crippen LogP contribution in [0.25, 0.3) is 0 Å². The van der Waals surface area contributed by atoms with Crippen LogP contribution in [0.2, 0.25) is 0 Å². The number of nitrogens with zero attached hydrogens (tertiary/aromatic N) is 3. The molecular formula is C21H37N5. The van der Waals surface area contributed by atoms with Gasteiger partial charge in [-0.2, -0.15) is 0 Å². The first-order chi connectivity index (χ1) is 12.5. The lowest BCUT2D eigenvalue weighted by molar-refractivity contribution is 0.172. The third-order valence-electron chi connectivity index (χ3n) is 4.53. The Morgan fingerprint density at radius 2 is 2.12 bits per heavy atom. The molecule has 2 unspecified atom stereocenters. The summed E-state index contributed by atoms with van der Waals surface area (Å²) in [6.07, 6.45) is 11.8. The van der Waals surface area contributed by atoms with Gasteiger partial charge in [0.25, 0.3) is 0 Å². The van der Waals surface area contributed by atoms with Gasteiger partial charge in [0.1, 0.15) is 0 Å². The molecule has 0 radical (unpaired) electrons. The van der Waals surface area contributed by atoms with Crippen LogP contribution in [0.15, 0.2) is 52.6 Å². The molecule has 5 heteroatoms. The summed E-state index contributed by atoms with van der Waals surface area (Å²) in [6, 6.07) is 0.118. The topological polar surface area (TPSA) is 42.9 Å². The van der Waals surface area contributed by atoms with Gasteiger partial charge in [0.05, 0.1) is 12.2 Å². The molecule has 0 saturated carbocycles. The zero-order valence-corrected chi connectivity index (χ0v) is 17.4. The second kappa shape index (κ2) is 12.0. The van der Waals surface area contributed by atoms with E-state index in [9.17, 15) is 0 Å². The monoisotopic (exact) mass is 359 g/mol. The first-order valence-corrected chi connectivity index (χ1v) is 9.52. The van der Waals surface area contributed by atoms with Crippen molar-refractivity contribution in [2.45, 2.75) is 39.4 Å². The minimum atomic E-state index is 0.118. The van der Waals surface area contributed by atoms with Crippen LogP contribution >= 0.6 is 0 Å². The Hall–Kier alpha value is -1.53. The molecule has 2 atom stereocenters. The fourth-order valence-electron chi connectivity index (χ4n) is 3.16. The van der Waals surface area contributed by atoms with Crippen molar-refractivity contribution in [1.82, 2.24) is 20.7 Å². The van der Waals surface area contributed by atoms with Gasteiger partial charge in [0, 0.05) is 26.9 Å². The second-order valence-electron chi connectivity index (χ2n) is 6.75. The van der Waals surface area contributed by atoms with E-state index in [-0.39, 0.29) is 12.2 Å². The standard InChI is InChI=1S/C21H37N5/c1-8-14-26(9-2)16-17(3)15-18(4)19(12-13-22-5)20-10-11-21(23-6)24-25(20)7/h10-13,15,20-21,23-24H,4,8-9,14,16H2,1-3,5-7H3/b17-15+,19-12+,22-13?. The molecule has 0 amide bonds. The molecule has 2 N–H and O–H groups in total. The molecule has 1 rings (SSSR count). The minimum Gasteiger partial charge on any atom is -0.301 e. The van der Waals surface area contributed by atoms with E-state index in [4.69, 9.17) is 0 Å². The van der Waals surface area contributed by atoms with Crippen molar-refractivity contribution in [3.05, 3.63) is 47.6 Å². The molecule has 0 aromatic rings. The average Bonchev–Trinajstić information content (AvgIpc) is 2.62. The van der Waals surface area contributed by atoms with E-state index in [0.717, 1.165) is 30.8 Å². The largest absolute Gasteiger partial charge is 0.301 e. The predicted molar refractivity (Wildman–Crippen MR) is 114 cm³/mol. The zero-order valence-electron chi connectivity index (χ0n) is 17.4. The van der Waals surface area contributed by atoms with Crippen molar-refractivity contribution in [3.63, 3.8) is 0 Å². The van der Waals surface area contributed by atoms with Crippen LogP contribution < -0.4 is 10.7 Å². The highest BCUT2D eigenvalue weighted by molar-refractivity contribution is 5.74. The molecule has 0 aliphatic carbocycles. The van der Waals surface area contributed by atoms with E-state index in [0.29, 0.717) is 0 Å². The van der Waals surface area contributed by atoms with Gasteiger partial charge < -0.3 is 5.32 Å². The van der Waals surface area contributed by atoms with Crippen LogP contribution in [0, 0.1) is 0 Å². The zero-order chi connectivity index (χ0) is 19.5. The predicted octanol–water partition coefficient (Wildman–Crippen LogP) is 2.77. The first-order valence-electron chi connectivity index (χ1n) is 9.52. The Kier molecular flexibility index (Phi) is 10.4. The maximum atomic E-state index is 4.35. The molecule has 0 spiro atoms. The van der Waals surface area contributed by atoms with E-state index in [1.807, 2.05) is 13.3 Å². The minimum absolute atomic E-state index is 0.118. The van der Waals surface area contributed by atoms with E-state index in [2.05, 4.69) is 84.3 Å². The van der Waals surface area contributed by atoms with Crippen LogP contribution in [0.4, 0.5) is 0 Å². The van der Waals surface area contributed by atoms with Gasteiger partial charge in [0.2, 0.25) is 0 Å². The molecule has 146 valence electrons. The molecule has 0 aromatic carbocycles. The normalized spacial score (nSPS) is 22.6. The first kappa shape index (κ1) is 22.5. The van der Waals surface area contributed by atoms with Crippen LogP contribution in [0.1, 0.15) is 27.2 Å². The van der Waals surface area contributed by atoms with Crippen LogP contribution in [0.5, 0.6) is 0 Å². The lowest BCUT2D eigenvalue weighted by atomic mass is 9.95. The van der Waals surface area contributed by atoms with Crippen molar-refractivity contribution in [1.29, 1.82) is 0 Å². The fourth-order valence-corrected chi connectivity index (χ4v) is 3.16. The number of hydrogen-bond donors (Lipinski definition) is 2. The lowest BCUT2D eigenvalue weighted by Gasteiger charge is -2.35. The summed E-state index contributed by atoms with van der Waals surface area (Å²) < 4.78 is 0. The molecule has 0 bridgehead atoms. The second-order valence-corrected chi connectivity index (χ2v) is 6.75. The summed E-state index contributed by atoms with van der Waals surface area (Å²) in [6.45, 7) is 14.1. The third-order valence-corrected chi connectivity index (χ3v) is 4.53. The van der Waals surface area contributed by atoms with Crippen LogP contribution in [-0.2, 0) is 0 Å². The number of hydrazine groups is 1. The quantitative estimate of drug-likeness (QED) is 0.358. The van der Waals surface area contributed by atoms with Gasteiger partial charge in [-0.15, -0.1) is 0 Å². The van der Waals surface area contributed by atoms with Crippen molar-refractivity contribution in [2.75, 3.05) is 40.8 Å². The van der Waals surface area contributed by atoms with Crippen molar-refractivity contribution >= 4 is 6.21 Å². The molecule has 0 fully saturated rings. The Morgan fingerprint density at radius 1 is 1.38 bits per heavy atom. The number of nitrogens with one attached hydrogen (secondary N) is 2. The summed E-state index contributed by atoms with van der Waals surface area (Å²) in [7, 11) is 5.79. The summed E-state index contributed by atoms with van der Waals surface area (Å²) in [5.41, 5.74) is 6.92. The van der Waals surface area contributed by atoms with Gasteiger partial charge in [-0.3, -0.25) is 9.89 Å². The molecule has 0 saturated heterocycles. The lowest BCUT2D eigenvalue weighted by Crippen LogP contribution is -2.54. The highest BCUT2D eigenvalue weighted by atomic mass is 15.5. The van der Waals surface area contributed by atoms with Crippen molar-refractivity contribution in [2.24, 2.45) is 4.99 Å². The molecule has 1 heterocycles. The van der Waals surface area contributed by atoms with Gasteiger partial charge in [0.15, 0.2) is 0 Å². The highest BCUT2D eigenvalue weighted by Gasteiger charge is 2.23. The molecule has 1 aliphatic rings. The number of allylic oxidation sites excluding steroid dienone is 2. The van der Waals surface area contributed by atoms with Gasteiger partial charge >= 0.3 is 0 Å². The highest BCUT2D eigenvalue weighted by Crippen LogP contribution is 2.22. The maximum absolute atomic E-state index is 4.35. The number of hydrogen-bond acceptors (Lipinski definition) is 5. The number of rotatable bonds is 10. The van der Waals surface area contributed by atoms with Gasteiger partial charge in [-0.05, 0) is 50.7 Å². The van der Waals surface area contributed by atoms with E-state index in [1.165, 1.54) is 12.0 Å². The van der Waals surface area contributed by atoms with E-state index < -0.39 is 0 Å². The maximum Gasteiger partial charge on any atom is 0.0894 e. The molecular weight excluding hydrogens is 322 g/mol. The summed E-state index contributed by atoms with van der Waals surface area (Å²) in [4.78, 5) is 6.59. The molecule has 0 aromatic heterocycles. The Labute approximate surface area is 160 Å². The molecule has 1 aliphatic heterocycles. The smallest absolute Gasteiger partial charge is 0.0894 e. The average molecular weight is 360 g/mol. The summed E-state index contributed by atoms with van der Waals surface area (Å²) in [5.74, 6) is 0. The van der Waals surface area contributed by atoms with Crippen molar-refractivity contribution < 1.29 is 0 Å². The van der Waals surface area contributed by atoms with E-state index in [1.54, 1.807) is 7.05 Å². The van der Waals surface area contributed by atoms with Crippen LogP contribution in [-0.4, -0.2) is 69.1 Å². The van der Waals surface area contributed by atoms with Crippen LogP contribution in [0.3, 0.4) is 0 Å². The fraction of sp³-hybridized carbons (Fsp3) is 0.571. The molecule has 5 nitrogen and oxygen atoms in total. The number of aliphatic imine (C=N–C) groups is 1. The summed E-state index contributed by atoms with van der Waals surface area (Å²) >= 11 is 0. The number of likely N-dealkylation sites (N-methyl/N-ethyl adjacent to an activating group) is 3. The Balaban J connectivity index is 2.99. The van der Waals surface area contributed by atoms with Gasteiger partial charge in [-0.1, -0.05) is 44.2 Å².